The Hall–Kier alpha value is -1.42. The molecule has 1 saturated heterocycles. The van der Waals surface area contributed by atoms with Crippen LogP contribution in [0.5, 0.6) is 0 Å². The average molecular weight is 319 g/mol. The zero-order valence-corrected chi connectivity index (χ0v) is 13.8. The van der Waals surface area contributed by atoms with Crippen LogP contribution in [-0.2, 0) is 4.79 Å². The van der Waals surface area contributed by atoms with Gasteiger partial charge in [-0.25, -0.2) is 4.39 Å². The van der Waals surface area contributed by atoms with Crippen LogP contribution < -0.4 is 0 Å². The topological polar surface area (TPSA) is 40.5 Å². The number of carbonyl (C=O) groups excluding carboxylic acids is 1. The second kappa shape index (κ2) is 6.60. The fraction of sp³-hybridized carbons (Fsp3) is 0.632. The lowest BCUT2D eigenvalue weighted by molar-refractivity contribution is -0.155. The van der Waals surface area contributed by atoms with E-state index in [2.05, 4.69) is 0 Å². The second-order valence-corrected chi connectivity index (χ2v) is 7.04. The molecule has 3 nitrogen and oxygen atoms in total. The predicted molar refractivity (Wildman–Crippen MR) is 87.3 cm³/mol. The first-order valence-electron chi connectivity index (χ1n) is 8.82. The van der Waals surface area contributed by atoms with Gasteiger partial charge in [-0.1, -0.05) is 31.9 Å². The number of nitrogens with zero attached hydrogens (tertiary/aromatic N) is 1. The molecule has 2 aliphatic rings. The first-order chi connectivity index (χ1) is 11.0. The zero-order valence-electron chi connectivity index (χ0n) is 13.8. The zero-order chi connectivity index (χ0) is 16.4. The minimum atomic E-state index is -0.680. The summed E-state index contributed by atoms with van der Waals surface area (Å²) in [5.41, 5.74) is 0.265. The lowest BCUT2D eigenvalue weighted by Gasteiger charge is -2.52. The molecule has 1 aliphatic heterocycles. The van der Waals surface area contributed by atoms with Gasteiger partial charge in [-0.15, -0.1) is 0 Å². The van der Waals surface area contributed by atoms with Crippen LogP contribution in [0.15, 0.2) is 24.3 Å². The van der Waals surface area contributed by atoms with E-state index in [-0.39, 0.29) is 23.7 Å². The van der Waals surface area contributed by atoms with Crippen molar-refractivity contribution in [3.63, 3.8) is 0 Å². The molecule has 1 aromatic rings. The number of carbonyl (C=O) groups is 1. The van der Waals surface area contributed by atoms with Crippen molar-refractivity contribution in [2.75, 3.05) is 6.54 Å². The Bertz CT molecular complexity index is 559. The highest BCUT2D eigenvalue weighted by Gasteiger charge is 2.49. The first kappa shape index (κ1) is 16.4. The molecule has 1 N–H and O–H groups in total. The van der Waals surface area contributed by atoms with E-state index >= 15 is 0 Å². The molecule has 0 spiro atoms. The van der Waals surface area contributed by atoms with Crippen LogP contribution in [-0.4, -0.2) is 28.1 Å². The van der Waals surface area contributed by atoms with Crippen LogP contribution in [0.3, 0.4) is 0 Å². The largest absolute Gasteiger partial charge is 0.389 e. The fourth-order valence-electron chi connectivity index (χ4n) is 4.39. The lowest BCUT2D eigenvalue weighted by atomic mass is 9.66. The molecular formula is C19H26FNO2. The highest BCUT2D eigenvalue weighted by Crippen LogP contribution is 2.49. The van der Waals surface area contributed by atoms with Crippen LogP contribution in [0.4, 0.5) is 4.39 Å². The van der Waals surface area contributed by atoms with Gasteiger partial charge in [-0.05, 0) is 43.4 Å². The van der Waals surface area contributed by atoms with Gasteiger partial charge in [-0.3, -0.25) is 4.79 Å². The summed E-state index contributed by atoms with van der Waals surface area (Å²) in [5.74, 6) is -0.0689. The molecule has 3 rings (SSSR count). The third-order valence-electron chi connectivity index (χ3n) is 5.56. The first-order valence-corrected chi connectivity index (χ1v) is 8.82. The maximum atomic E-state index is 13.3. The van der Waals surface area contributed by atoms with Crippen LogP contribution >= 0.6 is 0 Å². The molecule has 126 valence electrons. The minimum Gasteiger partial charge on any atom is -0.389 e. The fourth-order valence-corrected chi connectivity index (χ4v) is 4.39. The molecule has 1 amide bonds. The van der Waals surface area contributed by atoms with E-state index < -0.39 is 5.60 Å². The molecule has 0 unspecified atom stereocenters. The van der Waals surface area contributed by atoms with Gasteiger partial charge in [0.15, 0.2) is 0 Å². The molecular weight excluding hydrogens is 293 g/mol. The summed E-state index contributed by atoms with van der Waals surface area (Å²) in [6, 6.07) is 6.32. The van der Waals surface area contributed by atoms with Crippen molar-refractivity contribution in [1.82, 2.24) is 4.90 Å². The van der Waals surface area contributed by atoms with Crippen LogP contribution in [0.2, 0.25) is 0 Å². The van der Waals surface area contributed by atoms with Crippen molar-refractivity contribution >= 4 is 5.91 Å². The summed E-state index contributed by atoms with van der Waals surface area (Å²) in [7, 11) is 0. The van der Waals surface area contributed by atoms with Gasteiger partial charge < -0.3 is 10.0 Å². The number of hydrogen-bond acceptors (Lipinski definition) is 2. The van der Waals surface area contributed by atoms with Crippen molar-refractivity contribution < 1.29 is 14.3 Å². The van der Waals surface area contributed by atoms with Gasteiger partial charge in [0.05, 0.1) is 11.6 Å². The van der Waals surface area contributed by atoms with Crippen molar-refractivity contribution in [1.29, 1.82) is 0 Å². The van der Waals surface area contributed by atoms with Gasteiger partial charge in [-0.2, -0.15) is 0 Å². The maximum Gasteiger partial charge on any atom is 0.223 e. The number of halogens is 1. The number of fused-ring (bicyclic) bond motifs is 1. The molecule has 2 fully saturated rings. The quantitative estimate of drug-likeness (QED) is 0.920. The van der Waals surface area contributed by atoms with Gasteiger partial charge in [0.1, 0.15) is 5.82 Å². The molecule has 0 radical (unpaired) electrons. The predicted octanol–water partition coefficient (Wildman–Crippen LogP) is 3.82. The van der Waals surface area contributed by atoms with E-state index in [1.165, 1.54) is 12.1 Å². The van der Waals surface area contributed by atoms with Gasteiger partial charge in [0, 0.05) is 18.9 Å². The van der Waals surface area contributed by atoms with E-state index in [9.17, 15) is 14.3 Å². The number of benzene rings is 1. The molecule has 0 bridgehead atoms. The molecule has 1 saturated carbocycles. The molecule has 1 aliphatic carbocycles. The van der Waals surface area contributed by atoms with E-state index in [4.69, 9.17) is 0 Å². The third-order valence-corrected chi connectivity index (χ3v) is 5.56. The smallest absolute Gasteiger partial charge is 0.223 e. The summed E-state index contributed by atoms with van der Waals surface area (Å²) < 4.78 is 13.3. The summed E-state index contributed by atoms with van der Waals surface area (Å²) >= 11 is 0. The van der Waals surface area contributed by atoms with Crippen molar-refractivity contribution in [2.45, 2.75) is 63.5 Å². The van der Waals surface area contributed by atoms with Gasteiger partial charge in [0.2, 0.25) is 5.91 Å². The second-order valence-electron chi connectivity index (χ2n) is 7.04. The summed E-state index contributed by atoms with van der Waals surface area (Å²) in [6.07, 6.45) is 5.88. The van der Waals surface area contributed by atoms with Crippen molar-refractivity contribution in [3.05, 3.63) is 35.6 Å². The average Bonchev–Trinajstić information content (AvgIpc) is 2.54. The van der Waals surface area contributed by atoms with E-state index in [1.54, 1.807) is 12.1 Å². The number of piperidine rings is 1. The molecule has 3 atom stereocenters. The standard InChI is InChI=1S/C19H26FNO2/c1-2-5-17(22)21-13-12-19(23)11-4-3-6-16(19)18(21)14-7-9-15(20)10-8-14/h7-10,16,18,23H,2-6,11-13H2,1H3/t16-,18+,19+/m0/s1. The Morgan fingerprint density at radius 3 is 2.74 bits per heavy atom. The Morgan fingerprint density at radius 1 is 1.30 bits per heavy atom. The van der Waals surface area contributed by atoms with Crippen LogP contribution in [0.25, 0.3) is 0 Å². The SMILES string of the molecule is CCCC(=O)N1CC[C@]2(O)CCCC[C@H]2[C@H]1c1ccc(F)cc1. The summed E-state index contributed by atoms with van der Waals surface area (Å²) in [6.45, 7) is 2.60. The number of aliphatic hydroxyl groups is 1. The molecule has 0 aromatic heterocycles. The lowest BCUT2D eigenvalue weighted by Crippen LogP contribution is -2.56. The van der Waals surface area contributed by atoms with Crippen LogP contribution in [0.1, 0.15) is 63.5 Å². The molecule has 4 heteroatoms. The molecule has 23 heavy (non-hydrogen) atoms. The maximum absolute atomic E-state index is 13.3. The Labute approximate surface area is 137 Å². The minimum absolute atomic E-state index is 0.0521. The number of rotatable bonds is 3. The Balaban J connectivity index is 1.97. The summed E-state index contributed by atoms with van der Waals surface area (Å²) in [4.78, 5) is 14.5. The van der Waals surface area contributed by atoms with E-state index in [0.717, 1.165) is 37.7 Å². The number of likely N-dealkylation sites (tertiary alicyclic amines) is 1. The van der Waals surface area contributed by atoms with Crippen molar-refractivity contribution in [3.8, 4) is 0 Å². The Kier molecular flexibility index (Phi) is 4.72. The Morgan fingerprint density at radius 2 is 2.04 bits per heavy atom. The number of hydrogen-bond donors (Lipinski definition) is 1. The van der Waals surface area contributed by atoms with Gasteiger partial charge >= 0.3 is 0 Å². The molecule has 1 aromatic carbocycles. The van der Waals surface area contributed by atoms with Gasteiger partial charge in [0.25, 0.3) is 0 Å². The number of amides is 1. The normalized spacial score (nSPS) is 30.8. The highest BCUT2D eigenvalue weighted by molar-refractivity contribution is 5.77. The van der Waals surface area contributed by atoms with E-state index in [0.29, 0.717) is 19.4 Å². The van der Waals surface area contributed by atoms with E-state index in [1.807, 2.05) is 11.8 Å². The summed E-state index contributed by atoms with van der Waals surface area (Å²) in [5, 5.41) is 11.1. The third kappa shape index (κ3) is 3.14. The molecule has 1 heterocycles. The van der Waals surface area contributed by atoms with Crippen LogP contribution in [0, 0.1) is 11.7 Å². The highest BCUT2D eigenvalue weighted by atomic mass is 19.1. The van der Waals surface area contributed by atoms with Crippen molar-refractivity contribution in [2.24, 2.45) is 5.92 Å². The monoisotopic (exact) mass is 319 g/mol.